The van der Waals surface area contributed by atoms with Gasteiger partial charge in [0, 0.05) is 0 Å². The van der Waals surface area contributed by atoms with E-state index in [1.165, 1.54) is 66.5 Å². The first-order chi connectivity index (χ1) is 10.1. The molecule has 0 fully saturated rings. The Morgan fingerprint density at radius 1 is 1.05 bits per heavy atom. The number of carboxylic acid groups (broad SMARTS) is 2. The number of rotatable bonds is 10. The second-order valence-electron chi connectivity index (χ2n) is 5.33. The Morgan fingerprint density at radius 3 is 1.64 bits per heavy atom. The summed E-state index contributed by atoms with van der Waals surface area (Å²) in [6.07, 6.45) is 7.52. The summed E-state index contributed by atoms with van der Waals surface area (Å²) in [5.74, 6) is -3.50. The van der Waals surface area contributed by atoms with Crippen LogP contribution in [-0.4, -0.2) is 68.3 Å². The van der Waals surface area contributed by atoms with Crippen molar-refractivity contribution in [3.8, 4) is 0 Å². The second kappa shape index (κ2) is 13.3. The molecular weight excluding hydrogens is 323 g/mol. The molecule has 0 aromatic carbocycles. The minimum atomic E-state index is -4.84. The zero-order valence-corrected chi connectivity index (χ0v) is 16.3. The Labute approximate surface area is 149 Å². The van der Waals surface area contributed by atoms with E-state index in [-0.39, 0.29) is 0 Å². The van der Waals surface area contributed by atoms with Gasteiger partial charge in [-0.3, -0.25) is 14.1 Å². The van der Waals surface area contributed by atoms with E-state index in [9.17, 15) is 18.0 Å². The van der Waals surface area contributed by atoms with Gasteiger partial charge in [-0.05, 0) is 0 Å². The normalized spacial score (nSPS) is 12.5. The van der Waals surface area contributed by atoms with E-state index >= 15 is 0 Å². The fourth-order valence-electron chi connectivity index (χ4n) is 1.73. The van der Waals surface area contributed by atoms with Crippen molar-refractivity contribution in [2.75, 3.05) is 0 Å². The van der Waals surface area contributed by atoms with E-state index in [0.29, 0.717) is 0 Å². The Hall–Kier alpha value is -0.150. The third kappa shape index (κ3) is 14.8. The van der Waals surface area contributed by atoms with Crippen LogP contribution in [0.5, 0.6) is 0 Å². The first kappa shape index (κ1) is 24.1. The van der Waals surface area contributed by atoms with Gasteiger partial charge in [-0.2, -0.15) is 8.42 Å². The molecule has 1 unspecified atom stereocenters. The Balaban J connectivity index is 0. The van der Waals surface area contributed by atoms with Crippen LogP contribution in [0, 0.1) is 0 Å². The number of carbonyl (C=O) groups is 2. The zero-order chi connectivity index (χ0) is 17.8. The van der Waals surface area contributed by atoms with Crippen molar-refractivity contribution < 1.29 is 32.8 Å². The van der Waals surface area contributed by atoms with Gasteiger partial charge in [0.25, 0.3) is 10.1 Å². The van der Waals surface area contributed by atoms with E-state index in [0.717, 1.165) is 3.17 Å². The molecule has 1 atom stereocenters. The maximum absolute atomic E-state index is 10.2. The van der Waals surface area contributed by atoms with Crippen LogP contribution < -0.4 is 0 Å². The average Bonchev–Trinajstić information content (AvgIpc) is 2.39. The standard InChI is InChI=1S/C9H19.C4H6O7S.Na/c1-3-5-7-9-8-6-4-2;5-3(6)1-2(4(7)8)12(9,10)11;/h9H,3-8H2,1-2H3;2H,1H2,(H,5,6)(H,7,8)(H,9,10,11);. The molecule has 0 spiro atoms. The third-order valence-corrected chi connectivity index (χ3v) is 5.34. The van der Waals surface area contributed by atoms with Crippen LogP contribution in [0.3, 0.4) is 0 Å². The predicted octanol–water partition coefficient (Wildman–Crippen LogP) is 2.13. The second-order valence-corrected chi connectivity index (χ2v) is 8.56. The van der Waals surface area contributed by atoms with E-state index in [2.05, 4.69) is 13.8 Å². The summed E-state index contributed by atoms with van der Waals surface area (Å²) in [6.45, 7) is 4.57. The van der Waals surface area contributed by atoms with Gasteiger partial charge in [0.1, 0.15) is 0 Å². The first-order valence-corrected chi connectivity index (χ1v) is 10.1. The topological polar surface area (TPSA) is 129 Å². The molecule has 9 heteroatoms. The molecule has 3 N–H and O–H groups in total. The molecular formula is C13H25NaO7S. The average molecular weight is 348 g/mol. The van der Waals surface area contributed by atoms with Gasteiger partial charge in [0.2, 0.25) is 0 Å². The van der Waals surface area contributed by atoms with Crippen molar-refractivity contribution in [2.24, 2.45) is 0 Å². The molecule has 0 saturated carbocycles. The summed E-state index contributed by atoms with van der Waals surface area (Å²) in [6, 6.07) is 0. The molecule has 0 aliphatic rings. The molecule has 7 nitrogen and oxygen atoms in total. The molecule has 0 radical (unpaired) electrons. The Bertz CT molecular complexity index is 414. The van der Waals surface area contributed by atoms with Gasteiger partial charge in [-0.25, -0.2) is 0 Å². The zero-order valence-electron chi connectivity index (χ0n) is 13.5. The third-order valence-electron chi connectivity index (χ3n) is 3.10. The van der Waals surface area contributed by atoms with E-state index in [1.54, 1.807) is 0 Å². The maximum atomic E-state index is 10.2. The number of unbranched alkanes of at least 4 members (excludes halogenated alkanes) is 2. The SMILES string of the molecule is CCCC[CH]([Na])CCCC.O=C(O)CC(C(=O)O)S(=O)(=O)O. The molecule has 0 aromatic rings. The Morgan fingerprint density at radius 2 is 1.45 bits per heavy atom. The molecule has 0 aliphatic heterocycles. The van der Waals surface area contributed by atoms with Gasteiger partial charge < -0.3 is 10.2 Å². The largest absolute Gasteiger partial charge is 0.481 e. The van der Waals surface area contributed by atoms with E-state index in [1.807, 2.05) is 0 Å². The van der Waals surface area contributed by atoms with Crippen LogP contribution >= 0.6 is 0 Å². The van der Waals surface area contributed by atoms with Crippen LogP contribution in [0.1, 0.15) is 58.8 Å². The summed E-state index contributed by atoms with van der Waals surface area (Å²) in [5.41, 5.74) is 0. The molecule has 0 rings (SSSR count). The van der Waals surface area contributed by atoms with Crippen LogP contribution in [0.15, 0.2) is 0 Å². The smallest absolute Gasteiger partial charge is 0.325 e. The molecule has 126 valence electrons. The summed E-state index contributed by atoms with van der Waals surface area (Å²) in [4.78, 5) is 20.0. The summed E-state index contributed by atoms with van der Waals surface area (Å²) < 4.78 is 29.8. The molecule has 0 aromatic heterocycles. The summed E-state index contributed by atoms with van der Waals surface area (Å²) in [5, 5.41) is 13.9. The van der Waals surface area contributed by atoms with Crippen LogP contribution in [-0.2, 0) is 19.7 Å². The molecule has 0 aliphatic carbocycles. The number of hydrogen-bond acceptors (Lipinski definition) is 4. The van der Waals surface area contributed by atoms with Gasteiger partial charge in [0.15, 0.2) is 5.25 Å². The fourth-order valence-corrected chi connectivity index (χ4v) is 3.15. The molecule has 0 heterocycles. The van der Waals surface area contributed by atoms with Crippen molar-refractivity contribution in [2.45, 2.75) is 67.2 Å². The Kier molecular flexibility index (Phi) is 14.6. The van der Waals surface area contributed by atoms with Crippen molar-refractivity contribution in [1.29, 1.82) is 0 Å². The van der Waals surface area contributed by atoms with Gasteiger partial charge in [0.05, 0.1) is 6.42 Å². The fraction of sp³-hybridized carbons (Fsp3) is 0.846. The van der Waals surface area contributed by atoms with Crippen LogP contribution in [0.2, 0.25) is 3.17 Å². The van der Waals surface area contributed by atoms with Crippen molar-refractivity contribution in [3.05, 3.63) is 0 Å². The molecule has 0 bridgehead atoms. The minimum Gasteiger partial charge on any atom is -0.481 e. The van der Waals surface area contributed by atoms with E-state index < -0.39 is 33.7 Å². The summed E-state index contributed by atoms with van der Waals surface area (Å²) in [7, 11) is -4.84. The van der Waals surface area contributed by atoms with Gasteiger partial charge in [-0.15, -0.1) is 0 Å². The molecule has 0 saturated heterocycles. The van der Waals surface area contributed by atoms with Gasteiger partial charge in [-0.1, -0.05) is 0 Å². The predicted molar refractivity (Wildman–Crippen MR) is 83.8 cm³/mol. The number of aliphatic carboxylic acids is 2. The van der Waals surface area contributed by atoms with E-state index in [4.69, 9.17) is 14.8 Å². The van der Waals surface area contributed by atoms with Crippen LogP contribution in [0.25, 0.3) is 0 Å². The van der Waals surface area contributed by atoms with Gasteiger partial charge >= 0.3 is 95.4 Å². The number of hydrogen-bond donors (Lipinski definition) is 3. The van der Waals surface area contributed by atoms with Crippen molar-refractivity contribution in [3.63, 3.8) is 0 Å². The van der Waals surface area contributed by atoms with Crippen LogP contribution in [0.4, 0.5) is 0 Å². The summed E-state index contributed by atoms with van der Waals surface area (Å²) >= 11 is 1.42. The first-order valence-electron chi connectivity index (χ1n) is 7.47. The maximum Gasteiger partial charge on any atom is 0.325 e. The molecule has 0 amide bonds. The minimum absolute atomic E-state index is 1.11. The number of carboxylic acids is 2. The molecule has 22 heavy (non-hydrogen) atoms. The quantitative estimate of drug-likeness (QED) is 0.407. The van der Waals surface area contributed by atoms with Crippen molar-refractivity contribution >= 4 is 50.0 Å². The monoisotopic (exact) mass is 348 g/mol. The van der Waals surface area contributed by atoms with Crippen molar-refractivity contribution in [1.82, 2.24) is 0 Å².